The van der Waals surface area contributed by atoms with Gasteiger partial charge in [0.05, 0.1) is 5.56 Å². The van der Waals surface area contributed by atoms with Crippen LogP contribution in [0.2, 0.25) is 0 Å². The first kappa shape index (κ1) is 13.8. The zero-order valence-corrected chi connectivity index (χ0v) is 10.6. The summed E-state index contributed by atoms with van der Waals surface area (Å²) in [7, 11) is 2.04. The summed E-state index contributed by atoms with van der Waals surface area (Å²) in [6.07, 6.45) is 0. The van der Waals surface area contributed by atoms with Crippen LogP contribution in [0.1, 0.15) is 10.4 Å². The predicted molar refractivity (Wildman–Crippen MR) is 68.8 cm³/mol. The molecule has 0 radical (unpaired) electrons. The highest BCUT2D eigenvalue weighted by Crippen LogP contribution is 2.18. The van der Waals surface area contributed by atoms with Crippen molar-refractivity contribution in [3.63, 3.8) is 0 Å². The van der Waals surface area contributed by atoms with E-state index in [-0.39, 0.29) is 24.1 Å². The third kappa shape index (κ3) is 3.11. The Morgan fingerprint density at radius 2 is 1.76 bits per heavy atom. The SMILES string of the molecule is CN1CCN(C(=O)c2ccccc2O)CC1.Cl. The van der Waals surface area contributed by atoms with E-state index in [4.69, 9.17) is 0 Å². The topological polar surface area (TPSA) is 43.8 Å². The third-order valence-corrected chi connectivity index (χ3v) is 2.92. The zero-order valence-electron chi connectivity index (χ0n) is 9.80. The fourth-order valence-electron chi connectivity index (χ4n) is 1.83. The molecule has 0 aromatic heterocycles. The number of piperazine rings is 1. The van der Waals surface area contributed by atoms with Gasteiger partial charge in [-0.15, -0.1) is 12.4 Å². The smallest absolute Gasteiger partial charge is 0.257 e. The van der Waals surface area contributed by atoms with E-state index in [9.17, 15) is 9.90 Å². The Balaban J connectivity index is 0.00000144. The summed E-state index contributed by atoms with van der Waals surface area (Å²) in [5, 5.41) is 9.61. The number of nitrogens with zero attached hydrogens (tertiary/aromatic N) is 2. The first-order valence-corrected chi connectivity index (χ1v) is 5.44. The van der Waals surface area contributed by atoms with Gasteiger partial charge in [0.1, 0.15) is 5.75 Å². The number of hydrogen-bond acceptors (Lipinski definition) is 3. The van der Waals surface area contributed by atoms with Crippen LogP contribution >= 0.6 is 12.4 Å². The summed E-state index contributed by atoms with van der Waals surface area (Å²) in [6, 6.07) is 6.69. The van der Waals surface area contributed by atoms with E-state index < -0.39 is 0 Å². The van der Waals surface area contributed by atoms with Gasteiger partial charge in [-0.3, -0.25) is 4.79 Å². The number of benzene rings is 1. The molecule has 0 spiro atoms. The monoisotopic (exact) mass is 256 g/mol. The van der Waals surface area contributed by atoms with Crippen molar-refractivity contribution >= 4 is 18.3 Å². The van der Waals surface area contributed by atoms with Crippen LogP contribution in [0, 0.1) is 0 Å². The predicted octanol–water partition coefficient (Wildman–Crippen LogP) is 1.20. The Kier molecular flexibility index (Phi) is 4.78. The van der Waals surface area contributed by atoms with Crippen LogP contribution in [0.25, 0.3) is 0 Å². The largest absolute Gasteiger partial charge is 0.507 e. The molecule has 1 amide bonds. The molecule has 1 fully saturated rings. The number of amides is 1. The molecule has 0 saturated carbocycles. The zero-order chi connectivity index (χ0) is 11.5. The van der Waals surface area contributed by atoms with Gasteiger partial charge in [0.15, 0.2) is 0 Å². The molecule has 0 bridgehead atoms. The highest BCUT2D eigenvalue weighted by atomic mass is 35.5. The molecular weight excluding hydrogens is 240 g/mol. The van der Waals surface area contributed by atoms with Crippen molar-refractivity contribution in [3.8, 4) is 5.75 Å². The molecule has 1 aromatic rings. The van der Waals surface area contributed by atoms with Crippen molar-refractivity contribution in [1.82, 2.24) is 9.80 Å². The lowest BCUT2D eigenvalue weighted by molar-refractivity contribution is 0.0661. The van der Waals surface area contributed by atoms with E-state index in [0.717, 1.165) is 26.2 Å². The summed E-state index contributed by atoms with van der Waals surface area (Å²) in [6.45, 7) is 3.23. The van der Waals surface area contributed by atoms with Gasteiger partial charge in [-0.25, -0.2) is 0 Å². The normalized spacial score (nSPS) is 16.4. The molecule has 1 aliphatic heterocycles. The molecule has 4 nitrogen and oxygen atoms in total. The summed E-state index contributed by atoms with van der Waals surface area (Å²) in [5.74, 6) is -0.0161. The number of carbonyl (C=O) groups is 1. The molecular formula is C12H17ClN2O2. The fourth-order valence-corrected chi connectivity index (χ4v) is 1.83. The lowest BCUT2D eigenvalue weighted by Crippen LogP contribution is -2.47. The van der Waals surface area contributed by atoms with Gasteiger partial charge in [-0.05, 0) is 19.2 Å². The van der Waals surface area contributed by atoms with E-state index in [2.05, 4.69) is 4.90 Å². The second kappa shape index (κ2) is 5.89. The average Bonchev–Trinajstić information content (AvgIpc) is 2.30. The molecule has 2 rings (SSSR count). The van der Waals surface area contributed by atoms with E-state index in [0.29, 0.717) is 5.56 Å². The molecule has 1 aromatic carbocycles. The van der Waals surface area contributed by atoms with Gasteiger partial charge >= 0.3 is 0 Å². The lowest BCUT2D eigenvalue weighted by atomic mass is 10.1. The van der Waals surface area contributed by atoms with Crippen LogP contribution in [0.5, 0.6) is 5.75 Å². The number of phenols is 1. The standard InChI is InChI=1S/C12H16N2O2.ClH/c1-13-6-8-14(9-7-13)12(16)10-4-2-3-5-11(10)15;/h2-5,15H,6-9H2,1H3;1H. The summed E-state index contributed by atoms with van der Waals surface area (Å²) >= 11 is 0. The van der Waals surface area contributed by atoms with Crippen molar-refractivity contribution in [2.75, 3.05) is 33.2 Å². The first-order valence-electron chi connectivity index (χ1n) is 5.44. The number of carbonyl (C=O) groups excluding carboxylic acids is 1. The minimum atomic E-state index is -0.0776. The van der Waals surface area contributed by atoms with Gasteiger partial charge in [0, 0.05) is 26.2 Å². The molecule has 5 heteroatoms. The molecule has 0 aliphatic carbocycles. The minimum Gasteiger partial charge on any atom is -0.507 e. The van der Waals surface area contributed by atoms with Crippen molar-refractivity contribution < 1.29 is 9.90 Å². The fraction of sp³-hybridized carbons (Fsp3) is 0.417. The number of hydrogen-bond donors (Lipinski definition) is 1. The number of rotatable bonds is 1. The van der Waals surface area contributed by atoms with Gasteiger partial charge < -0.3 is 14.9 Å². The molecule has 0 unspecified atom stereocenters. The van der Waals surface area contributed by atoms with Gasteiger partial charge in [-0.1, -0.05) is 12.1 Å². The van der Waals surface area contributed by atoms with Crippen LogP contribution in [0.3, 0.4) is 0 Å². The third-order valence-electron chi connectivity index (χ3n) is 2.92. The lowest BCUT2D eigenvalue weighted by Gasteiger charge is -2.32. The van der Waals surface area contributed by atoms with Crippen LogP contribution in [0.15, 0.2) is 24.3 Å². The number of halogens is 1. The second-order valence-electron chi connectivity index (χ2n) is 4.11. The second-order valence-corrected chi connectivity index (χ2v) is 4.11. The maximum atomic E-state index is 12.1. The molecule has 17 heavy (non-hydrogen) atoms. The Morgan fingerprint density at radius 3 is 2.35 bits per heavy atom. The van der Waals surface area contributed by atoms with Gasteiger partial charge in [0.2, 0.25) is 0 Å². The van der Waals surface area contributed by atoms with E-state index in [1.165, 1.54) is 0 Å². The first-order chi connectivity index (χ1) is 7.68. The van der Waals surface area contributed by atoms with Gasteiger partial charge in [-0.2, -0.15) is 0 Å². The van der Waals surface area contributed by atoms with Crippen molar-refractivity contribution in [3.05, 3.63) is 29.8 Å². The average molecular weight is 257 g/mol. The molecule has 1 aliphatic rings. The number of likely N-dealkylation sites (N-methyl/N-ethyl adjacent to an activating group) is 1. The van der Waals surface area contributed by atoms with E-state index in [1.807, 2.05) is 7.05 Å². The van der Waals surface area contributed by atoms with Crippen molar-refractivity contribution in [2.45, 2.75) is 0 Å². The molecule has 1 heterocycles. The van der Waals surface area contributed by atoms with Crippen LogP contribution in [-0.2, 0) is 0 Å². The maximum Gasteiger partial charge on any atom is 0.257 e. The van der Waals surface area contributed by atoms with Crippen LogP contribution in [-0.4, -0.2) is 54.0 Å². The van der Waals surface area contributed by atoms with Gasteiger partial charge in [0.25, 0.3) is 5.91 Å². The highest BCUT2D eigenvalue weighted by Gasteiger charge is 2.21. The van der Waals surface area contributed by atoms with Crippen LogP contribution < -0.4 is 0 Å². The van der Waals surface area contributed by atoms with E-state index >= 15 is 0 Å². The number of aromatic hydroxyl groups is 1. The summed E-state index contributed by atoms with van der Waals surface area (Å²) in [5.41, 5.74) is 0.395. The molecule has 1 N–H and O–H groups in total. The molecule has 0 atom stereocenters. The Bertz CT molecular complexity index is 390. The quantitative estimate of drug-likeness (QED) is 0.821. The maximum absolute atomic E-state index is 12.1. The van der Waals surface area contributed by atoms with Crippen molar-refractivity contribution in [2.24, 2.45) is 0 Å². The number of para-hydroxylation sites is 1. The molecule has 94 valence electrons. The minimum absolute atomic E-state index is 0. The van der Waals surface area contributed by atoms with E-state index in [1.54, 1.807) is 29.2 Å². The summed E-state index contributed by atoms with van der Waals surface area (Å²) < 4.78 is 0. The summed E-state index contributed by atoms with van der Waals surface area (Å²) in [4.78, 5) is 16.1. The Hall–Kier alpha value is -1.26. The highest BCUT2D eigenvalue weighted by molar-refractivity contribution is 5.96. The van der Waals surface area contributed by atoms with Crippen LogP contribution in [0.4, 0.5) is 0 Å². The Morgan fingerprint density at radius 1 is 1.18 bits per heavy atom. The Labute approximate surface area is 107 Å². The number of phenolic OH excluding ortho intramolecular Hbond substituents is 1. The molecule has 1 saturated heterocycles. The van der Waals surface area contributed by atoms with Crippen molar-refractivity contribution in [1.29, 1.82) is 0 Å².